The summed E-state index contributed by atoms with van der Waals surface area (Å²) in [6.07, 6.45) is 1.16. The van der Waals surface area contributed by atoms with Gasteiger partial charge in [-0.15, -0.1) is 0 Å². The molecular formula is C32H37FN4O4S2. The highest BCUT2D eigenvalue weighted by atomic mass is 32.2. The number of rotatable bonds is 12. The lowest BCUT2D eigenvalue weighted by molar-refractivity contribution is -0.123. The van der Waals surface area contributed by atoms with Crippen molar-refractivity contribution in [1.82, 2.24) is 20.4 Å². The van der Waals surface area contributed by atoms with E-state index in [0.29, 0.717) is 18.8 Å². The number of likely N-dealkylation sites (N-methyl/N-ethyl adjacent to an activating group) is 1. The lowest BCUT2D eigenvalue weighted by atomic mass is 10.0. The second-order valence-corrected chi connectivity index (χ2v) is 13.3. The maximum absolute atomic E-state index is 15.4. The lowest BCUT2D eigenvalue weighted by Crippen LogP contribution is -2.56. The Bertz CT molecular complexity index is 1470. The van der Waals surface area contributed by atoms with Crippen LogP contribution in [0, 0.1) is 0 Å². The molecule has 2 atom stereocenters. The molecule has 3 amide bonds. The Kier molecular flexibility index (Phi) is 11.8. The summed E-state index contributed by atoms with van der Waals surface area (Å²) < 4.78 is 41.3. The summed E-state index contributed by atoms with van der Waals surface area (Å²) in [5, 5.41) is 4.33. The summed E-state index contributed by atoms with van der Waals surface area (Å²) in [7, 11) is -2.41. The van der Waals surface area contributed by atoms with Crippen molar-refractivity contribution in [1.29, 1.82) is 0 Å². The van der Waals surface area contributed by atoms with E-state index in [-0.39, 0.29) is 23.1 Å². The van der Waals surface area contributed by atoms with E-state index < -0.39 is 33.0 Å². The van der Waals surface area contributed by atoms with Crippen molar-refractivity contribution in [2.45, 2.75) is 29.2 Å². The zero-order chi connectivity index (χ0) is 30.7. The molecule has 0 aliphatic carbocycles. The van der Waals surface area contributed by atoms with Crippen molar-refractivity contribution in [3.05, 3.63) is 113 Å². The number of thioether (sulfide) groups is 1. The molecule has 43 heavy (non-hydrogen) atoms. The summed E-state index contributed by atoms with van der Waals surface area (Å²) in [6, 6.07) is 24.0. The van der Waals surface area contributed by atoms with Gasteiger partial charge in [-0.25, -0.2) is 13.2 Å². The van der Waals surface area contributed by atoms with Gasteiger partial charge in [0.2, 0.25) is 20.9 Å². The number of piperazine rings is 1. The van der Waals surface area contributed by atoms with E-state index in [9.17, 15) is 18.0 Å². The van der Waals surface area contributed by atoms with Crippen molar-refractivity contribution in [3.8, 4) is 0 Å². The normalized spacial score (nSPS) is 15.9. The van der Waals surface area contributed by atoms with Crippen LogP contribution in [0.25, 0.3) is 0 Å². The molecule has 0 radical (unpaired) electrons. The first-order chi connectivity index (χ1) is 20.7. The molecule has 0 unspecified atom stereocenters. The first-order valence-corrected chi connectivity index (χ1v) is 16.7. The number of carbonyl (C=O) groups is 2. The van der Waals surface area contributed by atoms with Gasteiger partial charge in [-0.05, 0) is 36.4 Å². The Morgan fingerprint density at radius 3 is 2.02 bits per heavy atom. The van der Waals surface area contributed by atoms with Crippen molar-refractivity contribution >= 4 is 33.5 Å². The first kappa shape index (κ1) is 32.2. The minimum absolute atomic E-state index is 0.174. The molecule has 3 aromatic carbocycles. The summed E-state index contributed by atoms with van der Waals surface area (Å²) >= 11 is 1.44. The molecule has 11 heteroatoms. The molecule has 3 aromatic rings. The molecule has 0 bridgehead atoms. The fraction of sp³-hybridized carbons (Fsp3) is 0.312. The highest BCUT2D eigenvalue weighted by Gasteiger charge is 2.28. The van der Waals surface area contributed by atoms with Gasteiger partial charge in [-0.3, -0.25) is 4.79 Å². The van der Waals surface area contributed by atoms with Crippen LogP contribution in [0.3, 0.4) is 0 Å². The second kappa shape index (κ2) is 15.7. The number of nitrogens with zero attached hydrogens (tertiary/aromatic N) is 2. The Morgan fingerprint density at radius 2 is 1.42 bits per heavy atom. The molecule has 0 spiro atoms. The van der Waals surface area contributed by atoms with Crippen LogP contribution in [0.2, 0.25) is 0 Å². The predicted octanol–water partition coefficient (Wildman–Crippen LogP) is 4.26. The monoisotopic (exact) mass is 624 g/mol. The molecule has 1 aliphatic rings. The van der Waals surface area contributed by atoms with Gasteiger partial charge in [-0.2, -0.15) is 16.2 Å². The lowest BCUT2D eigenvalue weighted by Gasteiger charge is -2.33. The van der Waals surface area contributed by atoms with Crippen molar-refractivity contribution < 1.29 is 22.4 Å². The molecule has 0 aromatic heterocycles. The van der Waals surface area contributed by atoms with Crippen LogP contribution < -0.4 is 10.6 Å². The van der Waals surface area contributed by atoms with Crippen LogP contribution in [-0.4, -0.2) is 81.2 Å². The standard InChI is InChI=1S/C32H37FN4O4S2/c1-36-17-19-37(20-18-36)32(39)35-29(21-25-11-5-2-6-12-25)31(38)34-27(24-42-23-26-13-7-3-8-14-26)22-30(33)43(40,41)28-15-9-4-10-16-28/h2-16,22,27,29H,17-21,23-24H2,1H3,(H,34,38)(H,35,39)/b30-22+/t27-,29+/m1/s1. The number of urea groups is 1. The molecule has 1 heterocycles. The summed E-state index contributed by atoms with van der Waals surface area (Å²) in [5.74, 6) is 0.266. The number of halogens is 1. The number of hydrogen-bond acceptors (Lipinski definition) is 6. The van der Waals surface area contributed by atoms with Crippen LogP contribution in [0.15, 0.2) is 107 Å². The zero-order valence-corrected chi connectivity index (χ0v) is 25.7. The molecule has 2 N–H and O–H groups in total. The van der Waals surface area contributed by atoms with Gasteiger partial charge in [-0.1, -0.05) is 78.9 Å². The topological polar surface area (TPSA) is 98.8 Å². The smallest absolute Gasteiger partial charge is 0.318 e. The Hall–Kier alpha value is -3.67. The number of carbonyl (C=O) groups excluding carboxylic acids is 2. The molecule has 228 valence electrons. The van der Waals surface area contributed by atoms with E-state index in [4.69, 9.17) is 0 Å². The fourth-order valence-corrected chi connectivity index (χ4v) is 6.63. The van der Waals surface area contributed by atoms with Gasteiger partial charge >= 0.3 is 6.03 Å². The largest absolute Gasteiger partial charge is 0.347 e. The average molecular weight is 625 g/mol. The average Bonchev–Trinajstić information content (AvgIpc) is 3.02. The minimum atomic E-state index is -4.40. The van der Waals surface area contributed by atoms with E-state index in [1.165, 1.54) is 36.0 Å². The number of sulfone groups is 1. The molecular weight excluding hydrogens is 588 g/mol. The number of benzene rings is 3. The molecule has 1 saturated heterocycles. The van der Waals surface area contributed by atoms with Gasteiger partial charge < -0.3 is 20.4 Å². The quantitative estimate of drug-likeness (QED) is 0.313. The molecule has 8 nitrogen and oxygen atoms in total. The molecule has 1 fully saturated rings. The van der Waals surface area contributed by atoms with E-state index in [0.717, 1.165) is 30.3 Å². The molecule has 0 saturated carbocycles. The summed E-state index contributed by atoms with van der Waals surface area (Å²) in [4.78, 5) is 30.5. The highest BCUT2D eigenvalue weighted by molar-refractivity contribution is 7.98. The van der Waals surface area contributed by atoms with Crippen LogP contribution in [0.1, 0.15) is 11.1 Å². The second-order valence-electron chi connectivity index (χ2n) is 10.4. The number of hydrogen-bond donors (Lipinski definition) is 2. The van der Waals surface area contributed by atoms with E-state index in [2.05, 4.69) is 15.5 Å². The maximum atomic E-state index is 15.4. The van der Waals surface area contributed by atoms with E-state index >= 15 is 4.39 Å². The summed E-state index contributed by atoms with van der Waals surface area (Å²) in [6.45, 7) is 2.52. The van der Waals surface area contributed by atoms with Crippen molar-refractivity contribution in [2.75, 3.05) is 39.0 Å². The number of amides is 3. The zero-order valence-electron chi connectivity index (χ0n) is 24.1. The Morgan fingerprint density at radius 1 is 0.860 bits per heavy atom. The summed E-state index contributed by atoms with van der Waals surface area (Å²) in [5.41, 5.74) is 1.88. The van der Waals surface area contributed by atoms with Crippen molar-refractivity contribution in [3.63, 3.8) is 0 Å². The predicted molar refractivity (Wildman–Crippen MR) is 169 cm³/mol. The van der Waals surface area contributed by atoms with Crippen LogP contribution >= 0.6 is 11.8 Å². The Balaban J connectivity index is 1.54. The van der Waals surface area contributed by atoms with Crippen molar-refractivity contribution in [2.24, 2.45) is 0 Å². The van der Waals surface area contributed by atoms with Gasteiger partial charge in [0, 0.05) is 44.1 Å². The van der Waals surface area contributed by atoms with Crippen LogP contribution in [0.5, 0.6) is 0 Å². The van der Waals surface area contributed by atoms with Gasteiger partial charge in [0.25, 0.3) is 0 Å². The van der Waals surface area contributed by atoms with Gasteiger partial charge in [0.05, 0.1) is 10.9 Å². The third-order valence-corrected chi connectivity index (χ3v) is 9.74. The third-order valence-electron chi connectivity index (χ3n) is 7.07. The third kappa shape index (κ3) is 9.67. The Labute approximate surface area is 257 Å². The molecule has 1 aliphatic heterocycles. The van der Waals surface area contributed by atoms with Crippen LogP contribution in [0.4, 0.5) is 9.18 Å². The van der Waals surface area contributed by atoms with Gasteiger partial charge in [0.15, 0.2) is 0 Å². The van der Waals surface area contributed by atoms with Crippen LogP contribution in [-0.2, 0) is 26.8 Å². The van der Waals surface area contributed by atoms with E-state index in [1.807, 2.05) is 67.7 Å². The SMILES string of the molecule is CN1CCN(C(=O)N[C@@H](Cc2ccccc2)C(=O)N[C@H](/C=C(\F)S(=O)(=O)c2ccccc2)CSCc2ccccc2)CC1. The van der Waals surface area contributed by atoms with Gasteiger partial charge in [0.1, 0.15) is 6.04 Å². The molecule has 4 rings (SSSR count). The number of nitrogens with one attached hydrogen (secondary N) is 2. The fourth-order valence-electron chi connectivity index (χ4n) is 4.56. The minimum Gasteiger partial charge on any atom is -0.347 e. The first-order valence-electron chi connectivity index (χ1n) is 14.1. The maximum Gasteiger partial charge on any atom is 0.318 e. The van der Waals surface area contributed by atoms with E-state index in [1.54, 1.807) is 11.0 Å². The highest BCUT2D eigenvalue weighted by Crippen LogP contribution is 2.22.